The van der Waals surface area contributed by atoms with Crippen molar-refractivity contribution in [3.63, 3.8) is 0 Å². The average molecular weight is 317 g/mol. The highest BCUT2D eigenvalue weighted by Crippen LogP contribution is 2.23. The van der Waals surface area contributed by atoms with Gasteiger partial charge in [0.25, 0.3) is 0 Å². The van der Waals surface area contributed by atoms with Crippen LogP contribution in [-0.2, 0) is 0 Å². The Labute approximate surface area is 138 Å². The quantitative estimate of drug-likeness (QED) is 0.711. The van der Waals surface area contributed by atoms with Crippen molar-refractivity contribution in [1.82, 2.24) is 10.6 Å². The molecule has 0 aliphatic rings. The Balaban J connectivity index is 2.01. The van der Waals surface area contributed by atoms with Crippen LogP contribution in [0.2, 0.25) is 5.02 Å². The summed E-state index contributed by atoms with van der Waals surface area (Å²) in [5.74, 6) is 0.682. The van der Waals surface area contributed by atoms with Crippen LogP contribution in [0, 0.1) is 5.92 Å². The smallest absolute Gasteiger partial charge is 0.0577 e. The molecule has 118 valence electrons. The number of halogens is 1. The van der Waals surface area contributed by atoms with Gasteiger partial charge in [0.1, 0.15) is 0 Å². The number of nitrogens with one attached hydrogen (secondary N) is 2. The van der Waals surface area contributed by atoms with Crippen molar-refractivity contribution >= 4 is 11.6 Å². The Hall–Kier alpha value is -1.35. The van der Waals surface area contributed by atoms with Gasteiger partial charge in [0.15, 0.2) is 0 Å². The highest BCUT2D eigenvalue weighted by Gasteiger charge is 2.12. The maximum atomic E-state index is 6.01. The number of rotatable bonds is 8. The fourth-order valence-electron chi connectivity index (χ4n) is 2.42. The summed E-state index contributed by atoms with van der Waals surface area (Å²) in [6.45, 7) is 7.39. The van der Waals surface area contributed by atoms with E-state index < -0.39 is 0 Å². The van der Waals surface area contributed by atoms with Crippen molar-refractivity contribution in [1.29, 1.82) is 0 Å². The van der Waals surface area contributed by atoms with Crippen LogP contribution in [0.4, 0.5) is 0 Å². The first-order chi connectivity index (χ1) is 10.7. The van der Waals surface area contributed by atoms with Gasteiger partial charge in [0, 0.05) is 18.1 Å². The molecule has 0 saturated carbocycles. The second-order valence-corrected chi connectivity index (χ2v) is 6.38. The van der Waals surface area contributed by atoms with Gasteiger partial charge in [-0.05, 0) is 35.7 Å². The molecule has 2 rings (SSSR count). The van der Waals surface area contributed by atoms with Crippen LogP contribution < -0.4 is 10.6 Å². The lowest BCUT2D eigenvalue weighted by Gasteiger charge is -2.20. The van der Waals surface area contributed by atoms with Crippen LogP contribution in [0.15, 0.2) is 54.6 Å². The molecule has 0 bridgehead atoms. The molecule has 0 heterocycles. The van der Waals surface area contributed by atoms with Gasteiger partial charge in [-0.1, -0.05) is 67.9 Å². The normalized spacial score (nSPS) is 12.5. The first-order valence-corrected chi connectivity index (χ1v) is 8.29. The predicted molar refractivity (Wildman–Crippen MR) is 95.4 cm³/mol. The lowest BCUT2D eigenvalue weighted by atomic mass is 9.99. The monoisotopic (exact) mass is 316 g/mol. The standard InChI is InChI=1S/C19H25ClN2/c1-15(2)14-21-12-13-22-19(16-6-4-3-5-7-16)17-8-10-18(20)11-9-17/h3-11,15,19,21-22H,12-14H2,1-2H3. The summed E-state index contributed by atoms with van der Waals surface area (Å²) in [6.07, 6.45) is 0. The number of benzene rings is 2. The molecule has 0 fully saturated rings. The van der Waals surface area contributed by atoms with E-state index >= 15 is 0 Å². The molecule has 3 heteroatoms. The molecule has 2 nitrogen and oxygen atoms in total. The molecular formula is C19H25ClN2. The van der Waals surface area contributed by atoms with E-state index in [4.69, 9.17) is 11.6 Å². The van der Waals surface area contributed by atoms with Crippen LogP contribution in [0.5, 0.6) is 0 Å². The zero-order chi connectivity index (χ0) is 15.8. The summed E-state index contributed by atoms with van der Waals surface area (Å²) in [6, 6.07) is 18.8. The second-order valence-electron chi connectivity index (χ2n) is 5.95. The molecule has 2 N–H and O–H groups in total. The van der Waals surface area contributed by atoms with Crippen molar-refractivity contribution in [3.8, 4) is 0 Å². The first kappa shape index (κ1) is 17.0. The summed E-state index contributed by atoms with van der Waals surface area (Å²) in [5.41, 5.74) is 2.51. The van der Waals surface area contributed by atoms with Gasteiger partial charge in [0.2, 0.25) is 0 Å². The maximum Gasteiger partial charge on any atom is 0.0577 e. The predicted octanol–water partition coefficient (Wildman–Crippen LogP) is 4.26. The Bertz CT molecular complexity index is 537. The van der Waals surface area contributed by atoms with E-state index in [1.54, 1.807) is 0 Å². The van der Waals surface area contributed by atoms with Crippen LogP contribution in [-0.4, -0.2) is 19.6 Å². The van der Waals surface area contributed by atoms with E-state index in [1.807, 2.05) is 18.2 Å². The molecule has 0 radical (unpaired) electrons. The molecule has 1 atom stereocenters. The molecule has 0 aliphatic carbocycles. The summed E-state index contributed by atoms with van der Waals surface area (Å²) >= 11 is 6.01. The largest absolute Gasteiger partial charge is 0.315 e. The van der Waals surface area contributed by atoms with Gasteiger partial charge in [-0.2, -0.15) is 0 Å². The summed E-state index contributed by atoms with van der Waals surface area (Å²) in [4.78, 5) is 0. The van der Waals surface area contributed by atoms with Gasteiger partial charge in [-0.15, -0.1) is 0 Å². The van der Waals surface area contributed by atoms with Crippen LogP contribution in [0.3, 0.4) is 0 Å². The molecule has 0 saturated heterocycles. The Kier molecular flexibility index (Phi) is 6.91. The van der Waals surface area contributed by atoms with Crippen molar-refractivity contribution in [2.24, 2.45) is 5.92 Å². The molecule has 0 aliphatic heterocycles. The highest BCUT2D eigenvalue weighted by atomic mass is 35.5. The zero-order valence-corrected chi connectivity index (χ0v) is 14.1. The summed E-state index contributed by atoms with van der Waals surface area (Å²) in [5, 5.41) is 7.88. The molecule has 0 aromatic heterocycles. The third-order valence-corrected chi connectivity index (χ3v) is 3.79. The maximum absolute atomic E-state index is 6.01. The molecule has 2 aromatic carbocycles. The highest BCUT2D eigenvalue weighted by molar-refractivity contribution is 6.30. The third-order valence-electron chi connectivity index (χ3n) is 3.54. The van der Waals surface area contributed by atoms with Crippen LogP contribution >= 0.6 is 11.6 Å². The van der Waals surface area contributed by atoms with Crippen molar-refractivity contribution in [2.75, 3.05) is 19.6 Å². The van der Waals surface area contributed by atoms with Gasteiger partial charge in [-0.25, -0.2) is 0 Å². The van der Waals surface area contributed by atoms with E-state index in [9.17, 15) is 0 Å². The summed E-state index contributed by atoms with van der Waals surface area (Å²) in [7, 11) is 0. The minimum atomic E-state index is 0.194. The SMILES string of the molecule is CC(C)CNCCNC(c1ccccc1)c1ccc(Cl)cc1. The van der Waals surface area contributed by atoms with Gasteiger partial charge in [0.05, 0.1) is 6.04 Å². The van der Waals surface area contributed by atoms with Gasteiger partial charge >= 0.3 is 0 Å². The van der Waals surface area contributed by atoms with Crippen LogP contribution in [0.25, 0.3) is 0 Å². The number of hydrogen-bond donors (Lipinski definition) is 2. The lowest BCUT2D eigenvalue weighted by Crippen LogP contribution is -2.32. The van der Waals surface area contributed by atoms with Crippen molar-refractivity contribution in [2.45, 2.75) is 19.9 Å². The zero-order valence-electron chi connectivity index (χ0n) is 13.4. The fourth-order valence-corrected chi connectivity index (χ4v) is 2.55. The van der Waals surface area contributed by atoms with Crippen LogP contribution in [0.1, 0.15) is 31.0 Å². The molecular weight excluding hydrogens is 292 g/mol. The summed E-state index contributed by atoms with van der Waals surface area (Å²) < 4.78 is 0. The average Bonchev–Trinajstić information content (AvgIpc) is 2.53. The lowest BCUT2D eigenvalue weighted by molar-refractivity contribution is 0.520. The molecule has 2 aromatic rings. The Morgan fingerprint density at radius 3 is 2.14 bits per heavy atom. The van der Waals surface area contributed by atoms with Gasteiger partial charge in [-0.3, -0.25) is 0 Å². The molecule has 0 spiro atoms. The van der Waals surface area contributed by atoms with E-state index in [2.05, 4.69) is 60.9 Å². The molecule has 22 heavy (non-hydrogen) atoms. The minimum absolute atomic E-state index is 0.194. The van der Waals surface area contributed by atoms with Crippen molar-refractivity contribution < 1.29 is 0 Å². The van der Waals surface area contributed by atoms with E-state index in [1.165, 1.54) is 11.1 Å². The topological polar surface area (TPSA) is 24.1 Å². The first-order valence-electron chi connectivity index (χ1n) is 7.91. The fraction of sp³-hybridized carbons (Fsp3) is 0.368. The Morgan fingerprint density at radius 1 is 0.864 bits per heavy atom. The third kappa shape index (κ3) is 5.45. The minimum Gasteiger partial charge on any atom is -0.315 e. The van der Waals surface area contributed by atoms with Gasteiger partial charge < -0.3 is 10.6 Å². The van der Waals surface area contributed by atoms with E-state index in [0.717, 1.165) is 24.7 Å². The second kappa shape index (κ2) is 8.94. The number of hydrogen-bond acceptors (Lipinski definition) is 2. The molecule has 0 amide bonds. The Morgan fingerprint density at radius 2 is 1.50 bits per heavy atom. The van der Waals surface area contributed by atoms with E-state index in [-0.39, 0.29) is 6.04 Å². The van der Waals surface area contributed by atoms with Crippen molar-refractivity contribution in [3.05, 3.63) is 70.7 Å². The molecule has 1 unspecified atom stereocenters. The van der Waals surface area contributed by atoms with E-state index in [0.29, 0.717) is 5.92 Å².